The fraction of sp³-hybridized carbons (Fsp3) is 0.188. The normalized spacial score (nSPS) is 10.8. The van der Waals surface area contributed by atoms with Crippen LogP contribution in [-0.2, 0) is 0 Å². The highest BCUT2D eigenvalue weighted by Crippen LogP contribution is 2.27. The van der Waals surface area contributed by atoms with Crippen molar-refractivity contribution in [1.29, 1.82) is 0 Å². The molecule has 0 radical (unpaired) electrons. The summed E-state index contributed by atoms with van der Waals surface area (Å²) < 4.78 is 6.79. The van der Waals surface area contributed by atoms with E-state index in [0.717, 1.165) is 11.4 Å². The Hall–Kier alpha value is -2.60. The Morgan fingerprint density at radius 3 is 2.74 bits per heavy atom. The van der Waals surface area contributed by atoms with Gasteiger partial charge in [0.2, 0.25) is 0 Å². The fourth-order valence-corrected chi connectivity index (χ4v) is 2.55. The van der Waals surface area contributed by atoms with E-state index >= 15 is 0 Å². The Bertz CT molecular complexity index is 904. The van der Waals surface area contributed by atoms with Crippen molar-refractivity contribution >= 4 is 28.8 Å². The van der Waals surface area contributed by atoms with E-state index in [0.29, 0.717) is 27.8 Å². The number of hydrogen-bond acceptors (Lipinski definition) is 4. The smallest absolute Gasteiger partial charge is 0.274 e. The molecular weight excluding hydrogens is 316 g/mol. The Morgan fingerprint density at radius 2 is 2.04 bits per heavy atom. The first kappa shape index (κ1) is 15.3. The average molecular weight is 331 g/mol. The van der Waals surface area contributed by atoms with Crippen molar-refractivity contribution in [2.24, 2.45) is 0 Å². The monoisotopic (exact) mass is 330 g/mol. The largest absolute Gasteiger partial charge is 0.495 e. The van der Waals surface area contributed by atoms with E-state index in [4.69, 9.17) is 16.3 Å². The van der Waals surface area contributed by atoms with Crippen LogP contribution in [0.25, 0.3) is 5.65 Å². The number of benzene rings is 1. The number of nitrogens with zero attached hydrogens (tertiary/aromatic N) is 3. The number of amides is 1. The lowest BCUT2D eigenvalue weighted by Crippen LogP contribution is -2.15. The maximum atomic E-state index is 12.4. The second kappa shape index (κ2) is 5.89. The molecule has 0 unspecified atom stereocenters. The molecule has 0 aliphatic carbocycles. The fourth-order valence-electron chi connectivity index (χ4n) is 2.30. The van der Waals surface area contributed by atoms with Crippen molar-refractivity contribution < 1.29 is 9.53 Å². The predicted octanol–water partition coefficient (Wildman–Crippen LogP) is 3.26. The highest BCUT2D eigenvalue weighted by molar-refractivity contribution is 6.32. The van der Waals surface area contributed by atoms with E-state index in [1.54, 1.807) is 28.8 Å². The van der Waals surface area contributed by atoms with Crippen LogP contribution < -0.4 is 10.1 Å². The van der Waals surface area contributed by atoms with E-state index in [1.807, 2.05) is 19.9 Å². The van der Waals surface area contributed by atoms with Gasteiger partial charge in [-0.2, -0.15) is 5.10 Å². The lowest BCUT2D eigenvalue weighted by Gasteiger charge is -2.08. The number of halogens is 1. The Balaban J connectivity index is 1.90. The van der Waals surface area contributed by atoms with Crippen LogP contribution in [0, 0.1) is 13.8 Å². The minimum atomic E-state index is -0.310. The number of nitrogens with one attached hydrogen (secondary N) is 1. The first-order valence-corrected chi connectivity index (χ1v) is 7.34. The molecule has 118 valence electrons. The maximum Gasteiger partial charge on any atom is 0.274 e. The molecule has 2 heterocycles. The number of ether oxygens (including phenoxy) is 1. The quantitative estimate of drug-likeness (QED) is 0.800. The minimum absolute atomic E-state index is 0.310. The molecule has 1 amide bonds. The number of methoxy groups -OCH3 is 1. The molecule has 0 saturated carbocycles. The summed E-state index contributed by atoms with van der Waals surface area (Å²) in [4.78, 5) is 16.7. The van der Waals surface area contributed by atoms with Gasteiger partial charge in [-0.05, 0) is 38.1 Å². The molecule has 6 nitrogen and oxygen atoms in total. The van der Waals surface area contributed by atoms with Gasteiger partial charge >= 0.3 is 0 Å². The van der Waals surface area contributed by atoms with Crippen LogP contribution in [0.15, 0.2) is 30.3 Å². The van der Waals surface area contributed by atoms with Gasteiger partial charge in [0.25, 0.3) is 5.91 Å². The van der Waals surface area contributed by atoms with Gasteiger partial charge in [-0.15, -0.1) is 0 Å². The van der Waals surface area contributed by atoms with Crippen LogP contribution in [0.1, 0.15) is 21.9 Å². The molecule has 23 heavy (non-hydrogen) atoms. The van der Waals surface area contributed by atoms with Crippen molar-refractivity contribution in [3.63, 3.8) is 0 Å². The number of carbonyl (C=O) groups excluding carboxylic acids is 1. The van der Waals surface area contributed by atoms with Crippen LogP contribution >= 0.6 is 11.6 Å². The van der Waals surface area contributed by atoms with E-state index < -0.39 is 0 Å². The molecule has 1 aromatic carbocycles. The number of fused-ring (bicyclic) bond motifs is 1. The number of anilines is 1. The Kier molecular flexibility index (Phi) is 3.92. The summed E-state index contributed by atoms with van der Waals surface area (Å²) in [6.45, 7) is 3.76. The summed E-state index contributed by atoms with van der Waals surface area (Å²) in [6.07, 6.45) is 0. The van der Waals surface area contributed by atoms with Crippen LogP contribution in [0.2, 0.25) is 5.02 Å². The van der Waals surface area contributed by atoms with Crippen LogP contribution in [0.5, 0.6) is 5.75 Å². The number of rotatable bonds is 3. The molecule has 0 saturated heterocycles. The topological polar surface area (TPSA) is 68.5 Å². The second-order valence-corrected chi connectivity index (χ2v) is 5.55. The van der Waals surface area contributed by atoms with E-state index in [-0.39, 0.29) is 5.91 Å². The van der Waals surface area contributed by atoms with Gasteiger partial charge in [0.05, 0.1) is 17.8 Å². The molecule has 0 fully saturated rings. The highest BCUT2D eigenvalue weighted by Gasteiger charge is 2.13. The van der Waals surface area contributed by atoms with Crippen LogP contribution in [0.4, 0.5) is 5.69 Å². The third-order valence-electron chi connectivity index (χ3n) is 3.37. The van der Waals surface area contributed by atoms with E-state index in [9.17, 15) is 4.79 Å². The third-order valence-corrected chi connectivity index (χ3v) is 3.67. The summed E-state index contributed by atoms with van der Waals surface area (Å²) >= 11 is 6.06. The predicted molar refractivity (Wildman–Crippen MR) is 88.4 cm³/mol. The summed E-state index contributed by atoms with van der Waals surface area (Å²) in [5.74, 6) is 0.241. The molecule has 1 N–H and O–H groups in total. The van der Waals surface area contributed by atoms with Gasteiger partial charge in [0.15, 0.2) is 5.65 Å². The van der Waals surface area contributed by atoms with E-state index in [1.165, 1.54) is 7.11 Å². The number of aromatic nitrogens is 3. The standard InChI is InChI=1S/C16H15ClN4O2/c1-9-6-15-19-13(7-10(2)21(15)20-9)16(22)18-11-4-5-14(23-3)12(17)8-11/h4-8H,1-3H3,(H,18,22). The SMILES string of the molecule is COc1ccc(NC(=O)c2cc(C)n3nc(C)cc3n2)cc1Cl. The minimum Gasteiger partial charge on any atom is -0.495 e. The third kappa shape index (κ3) is 2.98. The molecule has 3 rings (SSSR count). The Morgan fingerprint density at radius 1 is 1.26 bits per heavy atom. The summed E-state index contributed by atoms with van der Waals surface area (Å²) in [6, 6.07) is 8.57. The lowest BCUT2D eigenvalue weighted by molar-refractivity contribution is 0.102. The summed E-state index contributed by atoms with van der Waals surface area (Å²) in [5.41, 5.74) is 3.22. The van der Waals surface area contributed by atoms with Gasteiger partial charge < -0.3 is 10.1 Å². The van der Waals surface area contributed by atoms with Crippen molar-refractivity contribution in [2.45, 2.75) is 13.8 Å². The molecule has 0 aliphatic rings. The Labute approximate surface area is 138 Å². The summed E-state index contributed by atoms with van der Waals surface area (Å²) in [5, 5.41) is 7.52. The lowest BCUT2D eigenvalue weighted by atomic mass is 10.2. The molecule has 7 heteroatoms. The average Bonchev–Trinajstić information content (AvgIpc) is 2.88. The molecule has 2 aromatic heterocycles. The molecule has 0 spiro atoms. The zero-order valence-corrected chi connectivity index (χ0v) is 13.7. The van der Waals surface area contributed by atoms with Gasteiger partial charge in [-0.1, -0.05) is 11.6 Å². The van der Waals surface area contributed by atoms with Crippen LogP contribution in [-0.4, -0.2) is 27.6 Å². The van der Waals surface area contributed by atoms with Gasteiger partial charge in [0.1, 0.15) is 11.4 Å². The molecule has 3 aromatic rings. The van der Waals surface area contributed by atoms with Crippen molar-refractivity contribution in [1.82, 2.24) is 14.6 Å². The van der Waals surface area contributed by atoms with Gasteiger partial charge in [0, 0.05) is 17.4 Å². The van der Waals surface area contributed by atoms with Crippen molar-refractivity contribution in [3.05, 3.63) is 52.4 Å². The number of carbonyl (C=O) groups is 1. The molecule has 0 bridgehead atoms. The summed E-state index contributed by atoms with van der Waals surface area (Å²) in [7, 11) is 1.54. The molecular formula is C16H15ClN4O2. The zero-order valence-electron chi connectivity index (χ0n) is 12.9. The molecule has 0 aliphatic heterocycles. The second-order valence-electron chi connectivity index (χ2n) is 5.14. The first-order valence-electron chi connectivity index (χ1n) is 6.97. The van der Waals surface area contributed by atoms with Crippen LogP contribution in [0.3, 0.4) is 0 Å². The maximum absolute atomic E-state index is 12.4. The van der Waals surface area contributed by atoms with Gasteiger partial charge in [-0.3, -0.25) is 4.79 Å². The van der Waals surface area contributed by atoms with Crippen molar-refractivity contribution in [2.75, 3.05) is 12.4 Å². The molecule has 0 atom stereocenters. The highest BCUT2D eigenvalue weighted by atomic mass is 35.5. The van der Waals surface area contributed by atoms with Gasteiger partial charge in [-0.25, -0.2) is 9.50 Å². The van der Waals surface area contributed by atoms with E-state index in [2.05, 4.69) is 15.4 Å². The number of aryl methyl sites for hydroxylation is 2. The zero-order chi connectivity index (χ0) is 16.6. The number of hydrogen-bond donors (Lipinski definition) is 1. The van der Waals surface area contributed by atoms with Crippen molar-refractivity contribution in [3.8, 4) is 5.75 Å². The first-order chi connectivity index (χ1) is 11.0.